The van der Waals surface area contributed by atoms with E-state index in [4.69, 9.17) is 33.3 Å². The van der Waals surface area contributed by atoms with Crippen molar-refractivity contribution >= 4 is 44.5 Å². The summed E-state index contributed by atoms with van der Waals surface area (Å²) in [5.41, 5.74) is 1.73. The molecule has 2 fully saturated rings. The molecule has 0 spiro atoms. The van der Waals surface area contributed by atoms with Crippen molar-refractivity contribution in [3.8, 4) is 11.5 Å². The van der Waals surface area contributed by atoms with Crippen molar-refractivity contribution < 1.29 is 17.9 Å². The van der Waals surface area contributed by atoms with E-state index < -0.39 is 9.84 Å². The fourth-order valence-electron chi connectivity index (χ4n) is 4.26. The van der Waals surface area contributed by atoms with Gasteiger partial charge in [0.15, 0.2) is 26.4 Å². The van der Waals surface area contributed by atoms with Crippen molar-refractivity contribution in [2.45, 2.75) is 18.6 Å². The number of rotatable bonds is 3. The minimum Gasteiger partial charge on any atom is -0.486 e. The van der Waals surface area contributed by atoms with E-state index in [9.17, 15) is 8.42 Å². The smallest absolute Gasteiger partial charge is 0.177 e. The van der Waals surface area contributed by atoms with E-state index in [1.807, 2.05) is 52.3 Å². The van der Waals surface area contributed by atoms with E-state index >= 15 is 0 Å². The van der Waals surface area contributed by atoms with Crippen molar-refractivity contribution in [1.82, 2.24) is 4.90 Å². The van der Waals surface area contributed by atoms with Crippen molar-refractivity contribution in [1.29, 1.82) is 0 Å². The molecule has 5 rings (SSSR count). The fraction of sp³-hybridized carbons (Fsp3) is 0.350. The van der Waals surface area contributed by atoms with Gasteiger partial charge in [0.1, 0.15) is 13.2 Å². The first kappa shape index (κ1) is 19.0. The molecule has 3 heterocycles. The van der Waals surface area contributed by atoms with E-state index in [-0.39, 0.29) is 23.6 Å². The summed E-state index contributed by atoms with van der Waals surface area (Å²) in [5, 5.41) is 1.25. The molecule has 9 heteroatoms. The summed E-state index contributed by atoms with van der Waals surface area (Å²) in [6.45, 7) is 1.47. The summed E-state index contributed by atoms with van der Waals surface area (Å²) in [7, 11) is -3.15. The summed E-state index contributed by atoms with van der Waals surface area (Å²) in [5.74, 6) is 1.50. The molecule has 152 valence electrons. The maximum Gasteiger partial charge on any atom is 0.177 e. The second-order valence-electron chi connectivity index (χ2n) is 7.41. The molecule has 2 aromatic rings. The Morgan fingerprint density at radius 2 is 1.76 bits per heavy atom. The number of halogens is 1. The number of sulfone groups is 1. The number of thiocarbonyl (C=S) groups is 1. The van der Waals surface area contributed by atoms with Gasteiger partial charge in [-0.2, -0.15) is 0 Å². The van der Waals surface area contributed by atoms with Crippen LogP contribution in [0.4, 0.5) is 5.69 Å². The van der Waals surface area contributed by atoms with Crippen molar-refractivity contribution in [2.24, 2.45) is 0 Å². The Balaban J connectivity index is 1.52. The molecular formula is C20H19ClN2O4S2. The molecule has 0 radical (unpaired) electrons. The van der Waals surface area contributed by atoms with Gasteiger partial charge in [0, 0.05) is 23.3 Å². The molecule has 0 bridgehead atoms. The highest BCUT2D eigenvalue weighted by molar-refractivity contribution is 7.91. The fourth-order valence-corrected chi connectivity index (χ4v) is 6.84. The number of ether oxygens (including phenoxy) is 2. The topological polar surface area (TPSA) is 59.1 Å². The molecule has 2 unspecified atom stereocenters. The van der Waals surface area contributed by atoms with Gasteiger partial charge in [-0.25, -0.2) is 8.42 Å². The van der Waals surface area contributed by atoms with Gasteiger partial charge in [-0.1, -0.05) is 29.8 Å². The molecule has 3 aliphatic rings. The van der Waals surface area contributed by atoms with E-state index in [1.54, 1.807) is 0 Å². The van der Waals surface area contributed by atoms with E-state index in [1.165, 1.54) is 0 Å². The normalized spacial score (nSPS) is 24.7. The number of hydrogen-bond acceptors (Lipinski definition) is 5. The van der Waals surface area contributed by atoms with Crippen LogP contribution in [-0.4, -0.2) is 55.2 Å². The molecule has 2 aromatic carbocycles. The highest BCUT2D eigenvalue weighted by atomic mass is 35.5. The van der Waals surface area contributed by atoms with E-state index in [0.29, 0.717) is 41.4 Å². The molecule has 0 saturated carbocycles. The third kappa shape index (κ3) is 3.33. The Hall–Kier alpha value is -2.03. The Bertz CT molecular complexity index is 1090. The lowest BCUT2D eigenvalue weighted by atomic mass is 10.1. The van der Waals surface area contributed by atoms with Gasteiger partial charge in [-0.15, -0.1) is 0 Å². The molecule has 29 heavy (non-hydrogen) atoms. The van der Waals surface area contributed by atoms with Crippen LogP contribution in [0.15, 0.2) is 42.5 Å². The third-order valence-corrected chi connectivity index (χ3v) is 8.08. The van der Waals surface area contributed by atoms with Gasteiger partial charge in [-0.3, -0.25) is 0 Å². The van der Waals surface area contributed by atoms with Gasteiger partial charge in [0.05, 0.1) is 23.6 Å². The summed E-state index contributed by atoms with van der Waals surface area (Å²) in [4.78, 5) is 3.93. The zero-order valence-corrected chi connectivity index (χ0v) is 17.8. The summed E-state index contributed by atoms with van der Waals surface area (Å²) >= 11 is 12.2. The molecule has 2 atom stereocenters. The Labute approximate surface area is 179 Å². The number of hydrogen-bond donors (Lipinski definition) is 0. The zero-order valence-electron chi connectivity index (χ0n) is 15.5. The minimum atomic E-state index is -3.15. The molecule has 6 nitrogen and oxygen atoms in total. The second kappa shape index (κ2) is 7.04. The number of benzene rings is 2. The van der Waals surface area contributed by atoms with Crippen LogP contribution in [0, 0.1) is 0 Å². The molecule has 0 aliphatic carbocycles. The summed E-state index contributed by atoms with van der Waals surface area (Å²) in [6, 6.07) is 12.7. The third-order valence-electron chi connectivity index (χ3n) is 5.58. The molecule has 0 N–H and O–H groups in total. The van der Waals surface area contributed by atoms with Gasteiger partial charge in [0.2, 0.25) is 0 Å². The van der Waals surface area contributed by atoms with Crippen LogP contribution >= 0.6 is 23.8 Å². The molecule has 3 aliphatic heterocycles. The predicted molar refractivity (Wildman–Crippen MR) is 116 cm³/mol. The number of anilines is 1. The molecule has 0 amide bonds. The quantitative estimate of drug-likeness (QED) is 0.666. The van der Waals surface area contributed by atoms with Crippen molar-refractivity contribution in [3.63, 3.8) is 0 Å². The van der Waals surface area contributed by atoms with E-state index in [0.717, 1.165) is 11.3 Å². The SMILES string of the molecule is O=S1(=O)CC2C(C1)N(c1ccc3c(c1)OCCO3)C(=S)N2Cc1ccccc1Cl. The average molecular weight is 451 g/mol. The van der Waals surface area contributed by atoms with Crippen LogP contribution in [0.25, 0.3) is 0 Å². The van der Waals surface area contributed by atoms with Crippen LogP contribution < -0.4 is 14.4 Å². The highest BCUT2D eigenvalue weighted by Crippen LogP contribution is 2.40. The highest BCUT2D eigenvalue weighted by Gasteiger charge is 2.52. The molecular weight excluding hydrogens is 432 g/mol. The zero-order chi connectivity index (χ0) is 20.2. The van der Waals surface area contributed by atoms with Crippen LogP contribution in [0.3, 0.4) is 0 Å². The Morgan fingerprint density at radius 1 is 1.03 bits per heavy atom. The largest absolute Gasteiger partial charge is 0.486 e. The van der Waals surface area contributed by atoms with Crippen LogP contribution in [-0.2, 0) is 16.4 Å². The minimum absolute atomic E-state index is 0.0747. The maximum absolute atomic E-state index is 12.5. The predicted octanol–water partition coefficient (Wildman–Crippen LogP) is 2.88. The van der Waals surface area contributed by atoms with Gasteiger partial charge in [-0.05, 0) is 36.0 Å². The molecule has 2 saturated heterocycles. The summed E-state index contributed by atoms with van der Waals surface area (Å²) in [6.07, 6.45) is 0. The first-order chi connectivity index (χ1) is 13.9. The first-order valence-electron chi connectivity index (χ1n) is 9.36. The average Bonchev–Trinajstić information content (AvgIpc) is 3.13. The van der Waals surface area contributed by atoms with Crippen LogP contribution in [0.5, 0.6) is 11.5 Å². The van der Waals surface area contributed by atoms with Gasteiger partial charge < -0.3 is 19.3 Å². The van der Waals surface area contributed by atoms with Crippen molar-refractivity contribution in [3.05, 3.63) is 53.1 Å². The number of fused-ring (bicyclic) bond motifs is 2. The van der Waals surface area contributed by atoms with Gasteiger partial charge in [0.25, 0.3) is 0 Å². The standard InChI is InChI=1S/C20H19ClN2O4S2/c21-15-4-2-1-3-13(15)10-22-16-11-29(24,25)12-17(16)23(20(22)28)14-5-6-18-19(9-14)27-8-7-26-18/h1-6,9,16-17H,7-8,10-12H2. The van der Waals surface area contributed by atoms with E-state index in [2.05, 4.69) is 0 Å². The second-order valence-corrected chi connectivity index (χ2v) is 10.3. The monoisotopic (exact) mass is 450 g/mol. The lowest BCUT2D eigenvalue weighted by Gasteiger charge is -2.27. The Kier molecular flexibility index (Phi) is 4.60. The van der Waals surface area contributed by atoms with Crippen LogP contribution in [0.2, 0.25) is 5.02 Å². The van der Waals surface area contributed by atoms with Crippen LogP contribution in [0.1, 0.15) is 5.56 Å². The van der Waals surface area contributed by atoms with Crippen molar-refractivity contribution in [2.75, 3.05) is 29.6 Å². The maximum atomic E-state index is 12.5. The first-order valence-corrected chi connectivity index (χ1v) is 12.0. The Morgan fingerprint density at radius 3 is 2.55 bits per heavy atom. The molecule has 0 aromatic heterocycles. The summed E-state index contributed by atoms with van der Waals surface area (Å²) < 4.78 is 36.2. The number of nitrogens with zero attached hydrogens (tertiary/aromatic N) is 2. The van der Waals surface area contributed by atoms with Gasteiger partial charge >= 0.3 is 0 Å². The lowest BCUT2D eigenvalue weighted by molar-refractivity contribution is 0.171. The lowest BCUT2D eigenvalue weighted by Crippen LogP contribution is -2.37.